The Morgan fingerprint density at radius 2 is 0.852 bits per heavy atom. The summed E-state index contributed by atoms with van der Waals surface area (Å²) in [6, 6.07) is 19.1. The average molecular weight is 863 g/mol. The summed E-state index contributed by atoms with van der Waals surface area (Å²) in [5.74, 6) is -4.43. The number of amides is 2. The van der Waals surface area contributed by atoms with Crippen LogP contribution in [-0.4, -0.2) is 24.9 Å². The second-order valence-electron chi connectivity index (χ2n) is 17.5. The molecule has 0 heterocycles. The summed E-state index contributed by atoms with van der Waals surface area (Å²) in [7, 11) is 0. The third-order valence-corrected chi connectivity index (χ3v) is 22.0. The minimum atomic E-state index is -5.32. The van der Waals surface area contributed by atoms with Crippen LogP contribution in [0.3, 0.4) is 0 Å². The van der Waals surface area contributed by atoms with Crippen molar-refractivity contribution in [2.75, 3.05) is 22.9 Å². The molecule has 4 nitrogen and oxygen atoms in total. The standard InChI is InChI=1S/2C21H22F2NO.2C5H5.Ti/c2*1-15-7-9-17(10-8-15)21(25)24(14-16-5-3-2-4-6-16)20-12-11-18(22)13-19(20)23;2*1-2-4-5-3-1;/h2*7-12,16H,2-6,14H2,1H3;2*1-5H;. The zero-order valence-electron chi connectivity index (χ0n) is 35.1. The van der Waals surface area contributed by atoms with Gasteiger partial charge in [-0.1, -0.05) is 0 Å². The molecule has 4 aromatic rings. The molecule has 4 aliphatic rings. The van der Waals surface area contributed by atoms with E-state index in [9.17, 15) is 9.59 Å². The van der Waals surface area contributed by atoms with Gasteiger partial charge in [0, 0.05) is 0 Å². The van der Waals surface area contributed by atoms with Gasteiger partial charge in [-0.25, -0.2) is 0 Å². The Morgan fingerprint density at radius 1 is 0.508 bits per heavy atom. The van der Waals surface area contributed by atoms with Gasteiger partial charge in [-0.05, 0) is 0 Å². The number of halogens is 4. The minimum absolute atomic E-state index is 0.0940. The number of nitrogens with zero attached hydrogens (tertiary/aromatic N) is 2. The average Bonchev–Trinajstić information content (AvgIpc) is 4.02. The van der Waals surface area contributed by atoms with E-state index in [4.69, 9.17) is 0 Å². The molecule has 0 atom stereocenters. The molecule has 2 fully saturated rings. The number of rotatable bonds is 12. The van der Waals surface area contributed by atoms with E-state index in [1.54, 1.807) is 72.9 Å². The molecular formula is C52H54F4N2O2Ti. The van der Waals surface area contributed by atoms with Crippen molar-refractivity contribution >= 4 is 30.9 Å². The Balaban J connectivity index is 1.36. The number of hydrogen-bond acceptors (Lipinski definition) is 2. The Labute approximate surface area is 361 Å². The number of benzene rings is 4. The molecule has 0 unspecified atom stereocenters. The quantitative estimate of drug-likeness (QED) is 0.105. The number of hydrogen-bond donors (Lipinski definition) is 0. The first-order valence-corrected chi connectivity index (χ1v) is 25.4. The van der Waals surface area contributed by atoms with Gasteiger partial charge in [0.2, 0.25) is 0 Å². The van der Waals surface area contributed by atoms with Crippen LogP contribution >= 0.6 is 0 Å². The van der Waals surface area contributed by atoms with Crippen molar-refractivity contribution in [1.82, 2.24) is 0 Å². The maximum absolute atomic E-state index is 18.4. The first-order valence-electron chi connectivity index (χ1n) is 22.0. The van der Waals surface area contributed by atoms with Crippen LogP contribution in [0.5, 0.6) is 0 Å². The molecule has 4 aliphatic carbocycles. The van der Waals surface area contributed by atoms with Crippen LogP contribution in [0.2, 0.25) is 8.45 Å². The summed E-state index contributed by atoms with van der Waals surface area (Å²) >= 11 is -5.32. The monoisotopic (exact) mass is 862 g/mol. The van der Waals surface area contributed by atoms with E-state index in [0.717, 1.165) is 75.3 Å². The van der Waals surface area contributed by atoms with Crippen LogP contribution in [0.4, 0.5) is 28.9 Å². The second-order valence-corrected chi connectivity index (χ2v) is 23.9. The fourth-order valence-electron chi connectivity index (χ4n) is 10.3. The van der Waals surface area contributed by atoms with E-state index in [0.29, 0.717) is 11.1 Å². The molecule has 0 saturated heterocycles. The van der Waals surface area contributed by atoms with Gasteiger partial charge in [-0.2, -0.15) is 0 Å². The van der Waals surface area contributed by atoms with Gasteiger partial charge in [0.25, 0.3) is 0 Å². The van der Waals surface area contributed by atoms with Gasteiger partial charge in [0.05, 0.1) is 0 Å². The third kappa shape index (κ3) is 8.55. The van der Waals surface area contributed by atoms with Crippen molar-refractivity contribution in [3.05, 3.63) is 167 Å². The van der Waals surface area contributed by atoms with Gasteiger partial charge in [0.1, 0.15) is 0 Å². The normalized spacial score (nSPS) is 17.4. The SMILES string of the molecule is Cc1ccc(C(=O)N(CC2CCCCC2)c2ccc(F)[c]([Ti]([c]3c(F)ccc(N(CC4CCCCC4)C(=O)c4ccc(C)cc4)c3F)([CH]3C=CC=C3)[CH]3C=CC=C3)c2F)cc1. The van der Waals surface area contributed by atoms with Crippen molar-refractivity contribution < 1.29 is 43.7 Å². The van der Waals surface area contributed by atoms with Crippen LogP contribution < -0.4 is 17.5 Å². The van der Waals surface area contributed by atoms with Crippen molar-refractivity contribution in [1.29, 1.82) is 0 Å². The van der Waals surface area contributed by atoms with Crippen LogP contribution in [0.25, 0.3) is 0 Å². The molecule has 4 aromatic carbocycles. The van der Waals surface area contributed by atoms with Gasteiger partial charge < -0.3 is 0 Å². The van der Waals surface area contributed by atoms with Crippen LogP contribution in [0.1, 0.15) is 96.1 Å². The topological polar surface area (TPSA) is 40.6 Å². The molecule has 0 aliphatic heterocycles. The summed E-state index contributed by atoms with van der Waals surface area (Å²) in [4.78, 5) is 32.0. The van der Waals surface area contributed by atoms with Crippen LogP contribution in [0.15, 0.2) is 121 Å². The van der Waals surface area contributed by atoms with Crippen molar-refractivity contribution in [3.63, 3.8) is 0 Å². The summed E-state index contributed by atoms with van der Waals surface area (Å²) in [6.07, 6.45) is 23.9. The molecule has 0 bridgehead atoms. The molecule has 0 aromatic heterocycles. The molecular weight excluding hydrogens is 808 g/mol. The summed E-state index contributed by atoms with van der Waals surface area (Å²) in [5.41, 5.74) is 2.44. The number of carbonyl (C=O) groups excluding carboxylic acids is 2. The van der Waals surface area contributed by atoms with Crippen LogP contribution in [-0.2, 0) is 16.6 Å². The van der Waals surface area contributed by atoms with Gasteiger partial charge in [0.15, 0.2) is 0 Å². The van der Waals surface area contributed by atoms with Gasteiger partial charge >= 0.3 is 363 Å². The Bertz CT molecular complexity index is 2180. The number of aryl methyl sites for hydroxylation is 2. The Morgan fingerprint density at radius 3 is 1.20 bits per heavy atom. The zero-order chi connectivity index (χ0) is 42.7. The Kier molecular flexibility index (Phi) is 13.1. The zero-order valence-corrected chi connectivity index (χ0v) is 36.6. The molecule has 61 heavy (non-hydrogen) atoms. The van der Waals surface area contributed by atoms with E-state index in [-0.39, 0.29) is 44.0 Å². The fourth-order valence-corrected chi connectivity index (χ4v) is 19.1. The van der Waals surface area contributed by atoms with Crippen molar-refractivity contribution in [2.45, 2.75) is 86.5 Å². The van der Waals surface area contributed by atoms with Gasteiger partial charge in [-0.15, -0.1) is 0 Å². The number of anilines is 2. The number of carbonyl (C=O) groups is 2. The van der Waals surface area contributed by atoms with E-state index >= 15 is 17.6 Å². The summed E-state index contributed by atoms with van der Waals surface area (Å²) in [5, 5.41) is 0. The van der Waals surface area contributed by atoms with E-state index in [1.165, 1.54) is 34.1 Å². The second kappa shape index (κ2) is 18.7. The Hall–Kier alpha value is -4.79. The molecule has 0 N–H and O–H groups in total. The molecule has 9 heteroatoms. The molecule has 316 valence electrons. The first kappa shape index (κ1) is 42.9. The fraction of sp³-hybridized carbons (Fsp3) is 0.346. The van der Waals surface area contributed by atoms with Crippen molar-refractivity contribution in [2.24, 2.45) is 11.8 Å². The maximum atomic E-state index is 18.4. The predicted molar refractivity (Wildman–Crippen MR) is 235 cm³/mol. The van der Waals surface area contributed by atoms with Crippen molar-refractivity contribution in [3.8, 4) is 0 Å². The predicted octanol–water partition coefficient (Wildman–Crippen LogP) is 12.2. The van der Waals surface area contributed by atoms with E-state index < -0.39 is 60.1 Å². The number of allylic oxidation sites excluding steroid dienone is 8. The third-order valence-electron chi connectivity index (χ3n) is 13.5. The van der Waals surface area contributed by atoms with Crippen LogP contribution in [0, 0.1) is 49.0 Å². The molecule has 0 radical (unpaired) electrons. The molecule has 2 saturated carbocycles. The van der Waals surface area contributed by atoms with E-state index in [1.807, 2.05) is 38.1 Å². The molecule has 2 amide bonds. The summed E-state index contributed by atoms with van der Waals surface area (Å²) in [6.45, 7) is 4.28. The molecule has 8 rings (SSSR count). The first-order chi connectivity index (χ1) is 29.6. The van der Waals surface area contributed by atoms with E-state index in [2.05, 4.69) is 0 Å². The molecule has 0 spiro atoms. The summed E-state index contributed by atoms with van der Waals surface area (Å²) < 4.78 is 69.2. The van der Waals surface area contributed by atoms with Gasteiger partial charge in [-0.3, -0.25) is 0 Å².